The van der Waals surface area contributed by atoms with Crippen LogP contribution in [0.4, 0.5) is 5.69 Å². The number of para-hydroxylation sites is 1. The van der Waals surface area contributed by atoms with Crippen molar-refractivity contribution in [3.8, 4) is 0 Å². The number of hydrogen-bond donors (Lipinski definition) is 0. The molecule has 1 saturated carbocycles. The van der Waals surface area contributed by atoms with E-state index in [1.807, 2.05) is 0 Å². The normalized spacial score (nSPS) is 27.5. The Labute approximate surface area is 169 Å². The molecule has 0 N–H and O–H groups in total. The quantitative estimate of drug-likeness (QED) is 0.634. The Morgan fingerprint density at radius 2 is 1.78 bits per heavy atom. The van der Waals surface area contributed by atoms with Gasteiger partial charge in [-0.3, -0.25) is 4.67 Å². The van der Waals surface area contributed by atoms with Crippen molar-refractivity contribution in [1.82, 2.24) is 4.67 Å². The molecule has 3 nitrogen and oxygen atoms in total. The molecule has 2 fully saturated rings. The first-order chi connectivity index (χ1) is 12.9. The second-order valence-electron chi connectivity index (χ2n) is 8.75. The summed E-state index contributed by atoms with van der Waals surface area (Å²) in [5, 5.41) is 0. The summed E-state index contributed by atoms with van der Waals surface area (Å²) in [7, 11) is 2.22. The summed E-state index contributed by atoms with van der Waals surface area (Å²) in [6.45, 7) is 8.37. The van der Waals surface area contributed by atoms with Crippen molar-refractivity contribution < 1.29 is 4.74 Å². The molecule has 0 aromatic heterocycles. The average Bonchev–Trinajstić information content (AvgIpc) is 2.90. The van der Waals surface area contributed by atoms with Gasteiger partial charge in [-0.1, -0.05) is 63.1 Å². The third kappa shape index (κ3) is 3.44. The minimum absolute atomic E-state index is 0.0103. The zero-order valence-corrected chi connectivity index (χ0v) is 18.7. The van der Waals surface area contributed by atoms with Gasteiger partial charge in [-0.05, 0) is 30.3 Å². The number of allylic oxidation sites excluding steroid dienone is 1. The standard InChI is InChI=1S/C22H33N2OPS/c1-22(2)19-11-7-8-12-20(19)23(3)21(22)17-26(27,18-9-5-4-6-10-18)24-13-15-25-16-14-24/h7-8,11-12,17-18H,4-6,9-10,13-16H2,1-3H3/t26-/m0/s1. The van der Waals surface area contributed by atoms with Crippen LogP contribution in [-0.2, 0) is 22.0 Å². The van der Waals surface area contributed by atoms with Gasteiger partial charge in [0.25, 0.3) is 0 Å². The lowest BCUT2D eigenvalue weighted by Crippen LogP contribution is -2.37. The van der Waals surface area contributed by atoms with Crippen LogP contribution in [0.1, 0.15) is 51.5 Å². The minimum atomic E-state index is -1.78. The van der Waals surface area contributed by atoms with Crippen LogP contribution >= 0.6 is 6.19 Å². The summed E-state index contributed by atoms with van der Waals surface area (Å²) >= 11 is 6.62. The molecule has 0 unspecified atom stereocenters. The highest BCUT2D eigenvalue weighted by Gasteiger charge is 2.42. The van der Waals surface area contributed by atoms with Crippen LogP contribution in [0.15, 0.2) is 35.8 Å². The topological polar surface area (TPSA) is 15.7 Å². The van der Waals surface area contributed by atoms with Gasteiger partial charge in [0.05, 0.1) is 13.2 Å². The van der Waals surface area contributed by atoms with Gasteiger partial charge in [-0.25, -0.2) is 0 Å². The summed E-state index contributed by atoms with van der Waals surface area (Å²) in [4.78, 5) is 2.40. The number of hydrogen-bond acceptors (Lipinski definition) is 3. The molecule has 3 aliphatic rings. The summed E-state index contributed by atoms with van der Waals surface area (Å²) in [5.41, 5.74) is 4.84. The van der Waals surface area contributed by atoms with Gasteiger partial charge in [0, 0.05) is 48.8 Å². The molecule has 2 heterocycles. The Balaban J connectivity index is 1.78. The van der Waals surface area contributed by atoms with E-state index in [4.69, 9.17) is 16.5 Å². The van der Waals surface area contributed by atoms with Crippen LogP contribution in [0.2, 0.25) is 0 Å². The number of nitrogens with zero attached hydrogens (tertiary/aromatic N) is 2. The first-order valence-electron chi connectivity index (χ1n) is 10.4. The monoisotopic (exact) mass is 404 g/mol. The second kappa shape index (κ2) is 7.63. The molecule has 0 amide bonds. The van der Waals surface area contributed by atoms with Gasteiger partial charge in [0.15, 0.2) is 0 Å². The number of ether oxygens (including phenoxy) is 1. The summed E-state index contributed by atoms with van der Waals surface area (Å²) in [5.74, 6) is 2.57. The highest BCUT2D eigenvalue weighted by atomic mass is 32.4. The lowest BCUT2D eigenvalue weighted by Gasteiger charge is -2.43. The molecular formula is C22H33N2OPS. The van der Waals surface area contributed by atoms with Crippen molar-refractivity contribution in [2.24, 2.45) is 0 Å². The largest absolute Gasteiger partial charge is 0.379 e. The lowest BCUT2D eigenvalue weighted by atomic mass is 9.84. The molecule has 1 aromatic carbocycles. The van der Waals surface area contributed by atoms with E-state index < -0.39 is 6.19 Å². The lowest BCUT2D eigenvalue weighted by molar-refractivity contribution is 0.0744. The zero-order chi connectivity index (χ0) is 19.1. The highest BCUT2D eigenvalue weighted by Crippen LogP contribution is 2.63. The first kappa shape index (κ1) is 19.6. The van der Waals surface area contributed by atoms with Crippen molar-refractivity contribution >= 4 is 23.7 Å². The number of likely N-dealkylation sites (N-methyl/N-ethyl adjacent to an activating group) is 1. The SMILES string of the molecule is CN1C(=C[P@](=S)(C2CCCCC2)N2CCOCC2)C(C)(C)c2ccccc21. The van der Waals surface area contributed by atoms with E-state index >= 15 is 0 Å². The van der Waals surface area contributed by atoms with Crippen LogP contribution in [0.5, 0.6) is 0 Å². The molecule has 1 atom stereocenters. The average molecular weight is 405 g/mol. The maximum Gasteiger partial charge on any atom is 0.0597 e. The van der Waals surface area contributed by atoms with Crippen LogP contribution in [0.3, 0.4) is 0 Å². The smallest absolute Gasteiger partial charge is 0.0597 e. The van der Waals surface area contributed by atoms with Crippen LogP contribution in [0, 0.1) is 0 Å². The Bertz CT molecular complexity index is 741. The van der Waals surface area contributed by atoms with Gasteiger partial charge in [0.2, 0.25) is 0 Å². The predicted octanol–water partition coefficient (Wildman–Crippen LogP) is 5.31. The zero-order valence-electron chi connectivity index (χ0n) is 17.0. The molecule has 5 heteroatoms. The Kier molecular flexibility index (Phi) is 5.55. The third-order valence-corrected chi connectivity index (χ3v) is 12.1. The molecule has 4 rings (SSSR count). The molecule has 0 radical (unpaired) electrons. The molecule has 148 valence electrons. The Hall–Kier alpha value is -0.670. The van der Waals surface area contributed by atoms with Crippen molar-refractivity contribution in [1.29, 1.82) is 0 Å². The van der Waals surface area contributed by atoms with E-state index in [9.17, 15) is 0 Å². The van der Waals surface area contributed by atoms with Crippen molar-refractivity contribution in [3.63, 3.8) is 0 Å². The fourth-order valence-electron chi connectivity index (χ4n) is 5.14. The predicted molar refractivity (Wildman–Crippen MR) is 120 cm³/mol. The van der Waals surface area contributed by atoms with Crippen LogP contribution in [-0.4, -0.2) is 43.7 Å². The van der Waals surface area contributed by atoms with Crippen molar-refractivity contribution in [2.75, 3.05) is 38.3 Å². The highest BCUT2D eigenvalue weighted by molar-refractivity contribution is 8.15. The summed E-state index contributed by atoms with van der Waals surface area (Å²) in [6.07, 6.45) is 4.88. The molecule has 0 spiro atoms. The van der Waals surface area contributed by atoms with Gasteiger partial charge >= 0.3 is 0 Å². The molecule has 1 saturated heterocycles. The molecular weight excluding hydrogens is 371 g/mol. The van der Waals surface area contributed by atoms with Gasteiger partial charge in [-0.15, -0.1) is 0 Å². The first-order valence-corrected chi connectivity index (χ1v) is 13.3. The number of anilines is 1. The number of benzene rings is 1. The number of morpholine rings is 1. The van der Waals surface area contributed by atoms with Crippen molar-refractivity contribution in [3.05, 3.63) is 41.3 Å². The number of rotatable bonds is 3. The molecule has 1 aromatic rings. The second-order valence-corrected chi connectivity index (χ2v) is 13.4. The Morgan fingerprint density at radius 1 is 1.11 bits per heavy atom. The fourth-order valence-corrected chi connectivity index (χ4v) is 10.1. The van der Waals surface area contributed by atoms with E-state index in [0.717, 1.165) is 26.3 Å². The summed E-state index contributed by atoms with van der Waals surface area (Å²) in [6, 6.07) is 8.84. The maximum atomic E-state index is 6.62. The third-order valence-electron chi connectivity index (χ3n) is 6.78. The molecule has 2 aliphatic heterocycles. The fraction of sp³-hybridized carbons (Fsp3) is 0.636. The molecule has 1 aliphatic carbocycles. The van der Waals surface area contributed by atoms with Crippen LogP contribution in [0.25, 0.3) is 0 Å². The van der Waals surface area contributed by atoms with E-state index in [-0.39, 0.29) is 5.41 Å². The van der Waals surface area contributed by atoms with Gasteiger partial charge in [0.1, 0.15) is 0 Å². The summed E-state index contributed by atoms with van der Waals surface area (Å²) < 4.78 is 8.30. The van der Waals surface area contributed by atoms with E-state index in [1.54, 1.807) is 0 Å². The van der Waals surface area contributed by atoms with E-state index in [0.29, 0.717) is 5.66 Å². The molecule has 27 heavy (non-hydrogen) atoms. The van der Waals surface area contributed by atoms with Gasteiger partial charge in [-0.2, -0.15) is 0 Å². The van der Waals surface area contributed by atoms with Gasteiger partial charge < -0.3 is 9.64 Å². The Morgan fingerprint density at radius 3 is 2.44 bits per heavy atom. The van der Waals surface area contributed by atoms with E-state index in [1.165, 1.54) is 49.1 Å². The minimum Gasteiger partial charge on any atom is -0.379 e. The van der Waals surface area contributed by atoms with Crippen LogP contribution < -0.4 is 4.90 Å². The van der Waals surface area contributed by atoms with Crippen molar-refractivity contribution in [2.45, 2.75) is 57.0 Å². The maximum absolute atomic E-state index is 6.62. The number of fused-ring (bicyclic) bond motifs is 1. The van der Waals surface area contributed by atoms with E-state index in [2.05, 4.69) is 60.5 Å². The molecule has 0 bridgehead atoms.